The molecule has 5 nitrogen and oxygen atoms in total. The van der Waals surface area contributed by atoms with Crippen molar-refractivity contribution in [3.8, 4) is 22.8 Å². The molecule has 3 rings (SSSR count). The molecular weight excluding hydrogens is 374 g/mol. The molecule has 0 saturated carbocycles. The minimum absolute atomic E-state index is 0.0375. The summed E-state index contributed by atoms with van der Waals surface area (Å²) in [5.74, 6) is 2.15. The van der Waals surface area contributed by atoms with E-state index in [1.807, 2.05) is 49.6 Å². The van der Waals surface area contributed by atoms with Crippen molar-refractivity contribution in [3.05, 3.63) is 42.0 Å². The highest BCUT2D eigenvalue weighted by molar-refractivity contribution is 7.99. The predicted molar refractivity (Wildman–Crippen MR) is 114 cm³/mol. The largest absolute Gasteiger partial charge is 0.493 e. The molecule has 0 radical (unpaired) electrons. The number of amides is 1. The van der Waals surface area contributed by atoms with Gasteiger partial charge in [0.25, 0.3) is 0 Å². The molecule has 0 atom stereocenters. The Hall–Kier alpha value is -2.60. The van der Waals surface area contributed by atoms with Gasteiger partial charge in [-0.1, -0.05) is 13.0 Å². The molecule has 2 aromatic carbocycles. The van der Waals surface area contributed by atoms with E-state index in [1.165, 1.54) is 0 Å². The Labute approximate surface area is 169 Å². The van der Waals surface area contributed by atoms with Crippen molar-refractivity contribution in [3.63, 3.8) is 0 Å². The zero-order chi connectivity index (χ0) is 20.1. The third-order valence-corrected chi connectivity index (χ3v) is 5.31. The number of hydrogen-bond acceptors (Lipinski definition) is 5. The van der Waals surface area contributed by atoms with Gasteiger partial charge in [0.15, 0.2) is 11.5 Å². The monoisotopic (exact) mass is 399 g/mol. The van der Waals surface area contributed by atoms with Gasteiger partial charge in [-0.05, 0) is 48.6 Å². The summed E-state index contributed by atoms with van der Waals surface area (Å²) in [7, 11) is 3.23. The van der Waals surface area contributed by atoms with Crippen LogP contribution in [0.1, 0.15) is 18.9 Å². The molecule has 1 amide bonds. The lowest BCUT2D eigenvalue weighted by molar-refractivity contribution is -0.120. The third kappa shape index (κ3) is 4.12. The molecule has 1 N–H and O–H groups in total. The number of benzene rings is 2. The van der Waals surface area contributed by atoms with Crippen LogP contribution >= 0.6 is 11.8 Å². The highest BCUT2D eigenvalue weighted by Gasteiger charge is 2.18. The van der Waals surface area contributed by atoms with Crippen LogP contribution < -0.4 is 14.8 Å². The Morgan fingerprint density at radius 2 is 1.89 bits per heavy atom. The van der Waals surface area contributed by atoms with Gasteiger partial charge in [-0.15, -0.1) is 11.8 Å². The van der Waals surface area contributed by atoms with Gasteiger partial charge >= 0.3 is 0 Å². The van der Waals surface area contributed by atoms with E-state index < -0.39 is 0 Å². The Morgan fingerprint density at radius 3 is 2.57 bits per heavy atom. The zero-order valence-corrected chi connectivity index (χ0v) is 17.4. The molecule has 0 spiro atoms. The van der Waals surface area contributed by atoms with Crippen LogP contribution in [0.15, 0.2) is 45.7 Å². The average molecular weight is 400 g/mol. The number of furan rings is 1. The standard InChI is InChI=1S/C22H25NO4S/c1-5-10-23-20(24)12-14-6-8-17-16(11-14)22(28-4)21(27-17)15-7-9-18(25-2)19(13-15)26-3/h6-9,11,13H,5,10,12H2,1-4H3,(H,23,24). The molecule has 1 heterocycles. The summed E-state index contributed by atoms with van der Waals surface area (Å²) in [6.45, 7) is 2.74. The molecule has 0 fully saturated rings. The van der Waals surface area contributed by atoms with Gasteiger partial charge in [0.05, 0.1) is 25.5 Å². The van der Waals surface area contributed by atoms with Crippen LogP contribution in [0.5, 0.6) is 11.5 Å². The lowest BCUT2D eigenvalue weighted by atomic mass is 10.1. The third-order valence-electron chi connectivity index (χ3n) is 4.49. The summed E-state index contributed by atoms with van der Waals surface area (Å²) in [6.07, 6.45) is 3.31. The van der Waals surface area contributed by atoms with Crippen molar-refractivity contribution in [2.45, 2.75) is 24.7 Å². The van der Waals surface area contributed by atoms with Crippen LogP contribution in [0.25, 0.3) is 22.3 Å². The van der Waals surface area contributed by atoms with Crippen molar-refractivity contribution in [1.29, 1.82) is 0 Å². The van der Waals surface area contributed by atoms with E-state index in [4.69, 9.17) is 13.9 Å². The summed E-state index contributed by atoms with van der Waals surface area (Å²) < 4.78 is 16.9. The maximum atomic E-state index is 12.1. The van der Waals surface area contributed by atoms with Crippen LogP contribution in [-0.4, -0.2) is 32.9 Å². The minimum Gasteiger partial charge on any atom is -0.493 e. The second-order valence-electron chi connectivity index (χ2n) is 6.39. The van der Waals surface area contributed by atoms with Crippen LogP contribution in [0, 0.1) is 0 Å². The fourth-order valence-electron chi connectivity index (χ4n) is 3.11. The fourth-order valence-corrected chi connectivity index (χ4v) is 3.84. The maximum Gasteiger partial charge on any atom is 0.224 e. The van der Waals surface area contributed by atoms with Crippen molar-refractivity contribution >= 4 is 28.6 Å². The quantitative estimate of drug-likeness (QED) is 0.546. The number of methoxy groups -OCH3 is 2. The molecule has 0 unspecified atom stereocenters. The molecule has 28 heavy (non-hydrogen) atoms. The van der Waals surface area contributed by atoms with Crippen LogP contribution in [-0.2, 0) is 11.2 Å². The van der Waals surface area contributed by atoms with Gasteiger partial charge < -0.3 is 19.2 Å². The molecule has 0 aliphatic heterocycles. The lowest BCUT2D eigenvalue weighted by Gasteiger charge is -2.09. The molecule has 3 aromatic rings. The number of carbonyl (C=O) groups excluding carboxylic acids is 1. The smallest absolute Gasteiger partial charge is 0.224 e. The van der Waals surface area contributed by atoms with Crippen molar-refractivity contribution < 1.29 is 18.7 Å². The van der Waals surface area contributed by atoms with Gasteiger partial charge in [0.1, 0.15) is 11.3 Å². The van der Waals surface area contributed by atoms with Gasteiger partial charge in [-0.3, -0.25) is 4.79 Å². The average Bonchev–Trinajstić information content (AvgIpc) is 3.09. The number of carbonyl (C=O) groups is 1. The van der Waals surface area contributed by atoms with E-state index in [1.54, 1.807) is 26.0 Å². The number of fused-ring (bicyclic) bond motifs is 1. The highest BCUT2D eigenvalue weighted by Crippen LogP contribution is 2.42. The van der Waals surface area contributed by atoms with Crippen LogP contribution in [0.4, 0.5) is 0 Å². The first-order chi connectivity index (χ1) is 13.6. The summed E-state index contributed by atoms with van der Waals surface area (Å²) in [4.78, 5) is 13.1. The number of nitrogens with one attached hydrogen (secondary N) is 1. The molecule has 1 aromatic heterocycles. The molecule has 6 heteroatoms. The van der Waals surface area contributed by atoms with Crippen molar-refractivity contribution in [2.24, 2.45) is 0 Å². The number of hydrogen-bond donors (Lipinski definition) is 1. The predicted octanol–water partition coefficient (Wildman–Crippen LogP) is 4.91. The second kappa shape index (κ2) is 9.06. The number of thioether (sulfide) groups is 1. The van der Waals surface area contributed by atoms with E-state index in [-0.39, 0.29) is 5.91 Å². The van der Waals surface area contributed by atoms with Crippen molar-refractivity contribution in [1.82, 2.24) is 5.32 Å². The first-order valence-corrected chi connectivity index (χ1v) is 10.4. The second-order valence-corrected chi connectivity index (χ2v) is 7.21. The summed E-state index contributed by atoms with van der Waals surface area (Å²) in [6, 6.07) is 11.7. The molecule has 0 saturated heterocycles. The molecule has 0 bridgehead atoms. The normalized spacial score (nSPS) is 10.9. The van der Waals surface area contributed by atoms with Crippen LogP contribution in [0.3, 0.4) is 0 Å². The maximum absolute atomic E-state index is 12.1. The Kier molecular flexibility index (Phi) is 6.52. The Morgan fingerprint density at radius 1 is 1.11 bits per heavy atom. The van der Waals surface area contributed by atoms with E-state index in [9.17, 15) is 4.79 Å². The highest BCUT2D eigenvalue weighted by atomic mass is 32.2. The lowest BCUT2D eigenvalue weighted by Crippen LogP contribution is -2.25. The van der Waals surface area contributed by atoms with Gasteiger partial charge in [0, 0.05) is 17.5 Å². The van der Waals surface area contributed by atoms with Gasteiger partial charge in [-0.2, -0.15) is 0 Å². The van der Waals surface area contributed by atoms with Crippen molar-refractivity contribution in [2.75, 3.05) is 27.0 Å². The summed E-state index contributed by atoms with van der Waals surface area (Å²) >= 11 is 1.62. The van der Waals surface area contributed by atoms with E-state index in [0.29, 0.717) is 24.5 Å². The van der Waals surface area contributed by atoms with Gasteiger partial charge in [-0.25, -0.2) is 0 Å². The molecule has 0 aliphatic rings. The van der Waals surface area contributed by atoms with Gasteiger partial charge in [0.2, 0.25) is 5.91 Å². The summed E-state index contributed by atoms with van der Waals surface area (Å²) in [5, 5.41) is 3.93. The van der Waals surface area contributed by atoms with E-state index in [0.717, 1.165) is 39.2 Å². The first kappa shape index (κ1) is 20.1. The van der Waals surface area contributed by atoms with E-state index >= 15 is 0 Å². The number of rotatable bonds is 8. The molecule has 148 valence electrons. The van der Waals surface area contributed by atoms with Crippen LogP contribution in [0.2, 0.25) is 0 Å². The molecule has 0 aliphatic carbocycles. The topological polar surface area (TPSA) is 60.7 Å². The zero-order valence-electron chi connectivity index (χ0n) is 16.6. The van der Waals surface area contributed by atoms with E-state index in [2.05, 4.69) is 5.32 Å². The molecular formula is C22H25NO4S. The Balaban J connectivity index is 1.99. The minimum atomic E-state index is 0.0375. The number of ether oxygens (including phenoxy) is 2. The SMILES string of the molecule is CCCNC(=O)Cc1ccc2oc(-c3ccc(OC)c(OC)c3)c(SC)c2c1. The fraction of sp³-hybridized carbons (Fsp3) is 0.318. The summed E-state index contributed by atoms with van der Waals surface area (Å²) in [5.41, 5.74) is 2.68. The first-order valence-electron chi connectivity index (χ1n) is 9.19. The Bertz CT molecular complexity index is 980.